The van der Waals surface area contributed by atoms with Gasteiger partial charge in [-0.2, -0.15) is 5.26 Å². The van der Waals surface area contributed by atoms with E-state index < -0.39 is 0 Å². The maximum absolute atomic E-state index is 11.0. The average Bonchev–Trinajstić information content (AvgIpc) is 2.82. The van der Waals surface area contributed by atoms with Gasteiger partial charge in [-0.25, -0.2) is 0 Å². The molecule has 2 rings (SSSR count). The SMILES string of the molecule is CC(NCc1csc(=O)[nH]1)c1cccc(C#N)c1. The van der Waals surface area contributed by atoms with Crippen LogP contribution in [0, 0.1) is 11.3 Å². The number of rotatable bonds is 4. The van der Waals surface area contributed by atoms with Gasteiger partial charge in [0.25, 0.3) is 0 Å². The highest BCUT2D eigenvalue weighted by Gasteiger charge is 2.06. The van der Waals surface area contributed by atoms with E-state index in [-0.39, 0.29) is 10.9 Å². The third kappa shape index (κ3) is 3.06. The monoisotopic (exact) mass is 259 g/mol. The third-order valence-electron chi connectivity index (χ3n) is 2.69. The predicted molar refractivity (Wildman–Crippen MR) is 71.4 cm³/mol. The Kier molecular flexibility index (Phi) is 3.92. The van der Waals surface area contributed by atoms with Crippen LogP contribution in [0.5, 0.6) is 0 Å². The summed E-state index contributed by atoms with van der Waals surface area (Å²) in [5.41, 5.74) is 2.60. The minimum atomic E-state index is -0.0362. The number of aromatic nitrogens is 1. The first-order chi connectivity index (χ1) is 8.69. The molecule has 1 aromatic carbocycles. The second-order valence-corrected chi connectivity index (χ2v) is 4.86. The molecule has 5 heteroatoms. The van der Waals surface area contributed by atoms with Crippen molar-refractivity contribution in [1.29, 1.82) is 5.26 Å². The fraction of sp³-hybridized carbons (Fsp3) is 0.231. The number of nitrogens with zero attached hydrogens (tertiary/aromatic N) is 1. The van der Waals surface area contributed by atoms with Gasteiger partial charge in [0.05, 0.1) is 11.6 Å². The summed E-state index contributed by atoms with van der Waals surface area (Å²) in [6.07, 6.45) is 0. The van der Waals surface area contributed by atoms with Gasteiger partial charge >= 0.3 is 4.87 Å². The Morgan fingerprint density at radius 1 is 1.56 bits per heavy atom. The Labute approximate surface area is 109 Å². The number of aromatic amines is 1. The van der Waals surface area contributed by atoms with Crippen LogP contribution in [0.2, 0.25) is 0 Å². The van der Waals surface area contributed by atoms with Gasteiger partial charge in [-0.1, -0.05) is 23.5 Å². The Balaban J connectivity index is 2.01. The van der Waals surface area contributed by atoms with Gasteiger partial charge in [0, 0.05) is 23.7 Å². The van der Waals surface area contributed by atoms with Gasteiger partial charge in [-0.05, 0) is 24.6 Å². The number of nitriles is 1. The van der Waals surface area contributed by atoms with Crippen LogP contribution in [0.1, 0.15) is 29.8 Å². The first-order valence-electron chi connectivity index (χ1n) is 5.59. The molecule has 0 bridgehead atoms. The van der Waals surface area contributed by atoms with Gasteiger partial charge in [-0.15, -0.1) is 0 Å². The van der Waals surface area contributed by atoms with Crippen LogP contribution in [-0.4, -0.2) is 4.98 Å². The molecule has 1 heterocycles. The molecule has 0 saturated carbocycles. The van der Waals surface area contributed by atoms with Crippen LogP contribution >= 0.6 is 11.3 Å². The van der Waals surface area contributed by atoms with Crippen molar-refractivity contribution in [3.05, 3.63) is 56.1 Å². The first kappa shape index (κ1) is 12.6. The van der Waals surface area contributed by atoms with Crippen molar-refractivity contribution in [2.45, 2.75) is 19.5 Å². The normalized spacial score (nSPS) is 12.0. The fourth-order valence-electron chi connectivity index (χ4n) is 1.66. The second-order valence-electron chi connectivity index (χ2n) is 4.01. The van der Waals surface area contributed by atoms with Crippen LogP contribution in [0.4, 0.5) is 0 Å². The maximum Gasteiger partial charge on any atom is 0.304 e. The van der Waals surface area contributed by atoms with Crippen molar-refractivity contribution in [3.63, 3.8) is 0 Å². The lowest BCUT2D eigenvalue weighted by Crippen LogP contribution is -2.18. The van der Waals surface area contributed by atoms with Gasteiger partial charge in [0.1, 0.15) is 0 Å². The van der Waals surface area contributed by atoms with E-state index >= 15 is 0 Å². The predicted octanol–water partition coefficient (Wildman–Crippen LogP) is 2.16. The van der Waals surface area contributed by atoms with Crippen molar-refractivity contribution in [2.24, 2.45) is 0 Å². The smallest absolute Gasteiger partial charge is 0.304 e. The summed E-state index contributed by atoms with van der Waals surface area (Å²) < 4.78 is 0. The molecule has 2 N–H and O–H groups in total. The number of nitrogens with one attached hydrogen (secondary N) is 2. The van der Waals surface area contributed by atoms with E-state index in [4.69, 9.17) is 5.26 Å². The molecule has 4 nitrogen and oxygen atoms in total. The van der Waals surface area contributed by atoms with Crippen LogP contribution < -0.4 is 10.2 Å². The first-order valence-corrected chi connectivity index (χ1v) is 6.47. The average molecular weight is 259 g/mol. The zero-order chi connectivity index (χ0) is 13.0. The number of hydrogen-bond donors (Lipinski definition) is 2. The highest BCUT2D eigenvalue weighted by atomic mass is 32.1. The molecular formula is C13H13N3OS. The van der Waals surface area contributed by atoms with E-state index in [0.717, 1.165) is 22.6 Å². The molecular weight excluding hydrogens is 246 g/mol. The van der Waals surface area contributed by atoms with Crippen molar-refractivity contribution in [3.8, 4) is 6.07 Å². The highest BCUT2D eigenvalue weighted by Crippen LogP contribution is 2.14. The molecule has 0 amide bonds. The second kappa shape index (κ2) is 5.63. The largest absolute Gasteiger partial charge is 0.315 e. The van der Waals surface area contributed by atoms with Crippen LogP contribution in [0.3, 0.4) is 0 Å². The summed E-state index contributed by atoms with van der Waals surface area (Å²) in [6, 6.07) is 9.76. The summed E-state index contributed by atoms with van der Waals surface area (Å²) in [6.45, 7) is 2.64. The highest BCUT2D eigenvalue weighted by molar-refractivity contribution is 7.07. The molecule has 0 spiro atoms. The number of H-pyrrole nitrogens is 1. The lowest BCUT2D eigenvalue weighted by atomic mass is 10.1. The van der Waals surface area contributed by atoms with Crippen molar-refractivity contribution < 1.29 is 0 Å². The zero-order valence-corrected chi connectivity index (χ0v) is 10.8. The molecule has 1 unspecified atom stereocenters. The van der Waals surface area contributed by atoms with E-state index in [9.17, 15) is 4.79 Å². The van der Waals surface area contributed by atoms with Crippen LogP contribution in [0.25, 0.3) is 0 Å². The molecule has 2 aromatic rings. The van der Waals surface area contributed by atoms with Crippen molar-refractivity contribution in [1.82, 2.24) is 10.3 Å². The Morgan fingerprint density at radius 3 is 3.06 bits per heavy atom. The summed E-state index contributed by atoms with van der Waals surface area (Å²) >= 11 is 1.16. The number of benzene rings is 1. The molecule has 1 aromatic heterocycles. The summed E-state index contributed by atoms with van der Waals surface area (Å²) in [5, 5.41) is 14.0. The van der Waals surface area contributed by atoms with Crippen molar-refractivity contribution >= 4 is 11.3 Å². The van der Waals surface area contributed by atoms with Crippen molar-refractivity contribution in [2.75, 3.05) is 0 Å². The van der Waals surface area contributed by atoms with Gasteiger partial charge < -0.3 is 10.3 Å². The molecule has 92 valence electrons. The van der Waals surface area contributed by atoms with Crippen LogP contribution in [0.15, 0.2) is 34.4 Å². The number of hydrogen-bond acceptors (Lipinski definition) is 4. The standard InChI is InChI=1S/C13H13N3OS/c1-9(11-4-2-3-10(5-11)6-14)15-7-12-8-18-13(17)16-12/h2-5,8-9,15H,7H2,1H3,(H,16,17). The molecule has 0 aliphatic carbocycles. The molecule has 18 heavy (non-hydrogen) atoms. The topological polar surface area (TPSA) is 68.7 Å². The zero-order valence-electron chi connectivity index (χ0n) is 9.93. The summed E-state index contributed by atoms with van der Waals surface area (Å²) in [4.78, 5) is 13.7. The molecule has 0 saturated heterocycles. The lowest BCUT2D eigenvalue weighted by molar-refractivity contribution is 0.568. The molecule has 0 aliphatic heterocycles. The fourth-order valence-corrected chi connectivity index (χ4v) is 2.24. The Bertz CT molecular complexity index is 623. The maximum atomic E-state index is 11.0. The molecule has 0 fully saturated rings. The summed E-state index contributed by atoms with van der Waals surface area (Å²) in [7, 11) is 0. The van der Waals surface area contributed by atoms with E-state index in [0.29, 0.717) is 12.1 Å². The Morgan fingerprint density at radius 2 is 2.39 bits per heavy atom. The third-order valence-corrected chi connectivity index (χ3v) is 3.40. The van der Waals surface area contributed by atoms with E-state index in [2.05, 4.69) is 16.4 Å². The minimum absolute atomic E-state index is 0.0362. The number of thiazole rings is 1. The van der Waals surface area contributed by atoms with Gasteiger partial charge in [0.2, 0.25) is 0 Å². The quantitative estimate of drug-likeness (QED) is 0.884. The van der Waals surface area contributed by atoms with E-state index in [1.54, 1.807) is 6.07 Å². The molecule has 0 radical (unpaired) electrons. The lowest BCUT2D eigenvalue weighted by Gasteiger charge is -2.13. The van der Waals surface area contributed by atoms with Gasteiger partial charge in [0.15, 0.2) is 0 Å². The summed E-state index contributed by atoms with van der Waals surface area (Å²) in [5.74, 6) is 0. The molecule has 0 aliphatic rings. The van der Waals surface area contributed by atoms with E-state index in [1.807, 2.05) is 30.5 Å². The van der Waals surface area contributed by atoms with Crippen LogP contribution in [-0.2, 0) is 6.54 Å². The Hall–Kier alpha value is -1.90. The molecule has 1 atom stereocenters. The minimum Gasteiger partial charge on any atom is -0.315 e. The van der Waals surface area contributed by atoms with Gasteiger partial charge in [-0.3, -0.25) is 4.79 Å². The van der Waals surface area contributed by atoms with E-state index in [1.165, 1.54) is 0 Å².